The molecule has 1 aromatic heterocycles. The lowest BCUT2D eigenvalue weighted by molar-refractivity contribution is 0.0945. The number of piperidine rings is 1. The van der Waals surface area contributed by atoms with E-state index in [4.69, 9.17) is 11.6 Å². The molecule has 0 radical (unpaired) electrons. The van der Waals surface area contributed by atoms with E-state index in [2.05, 4.69) is 5.32 Å². The van der Waals surface area contributed by atoms with Gasteiger partial charge in [0.25, 0.3) is 16.1 Å². The van der Waals surface area contributed by atoms with Crippen molar-refractivity contribution in [3.63, 3.8) is 0 Å². The Kier molecular flexibility index (Phi) is 5.84. The molecule has 0 aromatic carbocycles. The average Bonchev–Trinajstić information content (AvgIpc) is 2.91. The Labute approximate surface area is 140 Å². The summed E-state index contributed by atoms with van der Waals surface area (Å²) < 4.78 is 27.3. The predicted octanol–water partition coefficient (Wildman–Crippen LogP) is 1.65. The maximum atomic E-state index is 12.0. The molecule has 0 bridgehead atoms. The van der Waals surface area contributed by atoms with Crippen LogP contribution in [0.2, 0.25) is 4.34 Å². The minimum atomic E-state index is -3.33. The molecule has 0 aliphatic carbocycles. The average molecular weight is 366 g/mol. The largest absolute Gasteiger partial charge is 0.351 e. The topological polar surface area (TPSA) is 69.7 Å². The van der Waals surface area contributed by atoms with Crippen molar-refractivity contribution in [2.45, 2.75) is 12.8 Å². The van der Waals surface area contributed by atoms with Crippen LogP contribution in [0.5, 0.6) is 0 Å². The smallest absolute Gasteiger partial charge is 0.281 e. The zero-order valence-electron chi connectivity index (χ0n) is 12.6. The third kappa shape index (κ3) is 4.20. The highest BCUT2D eigenvalue weighted by molar-refractivity contribution is 7.86. The maximum Gasteiger partial charge on any atom is 0.281 e. The van der Waals surface area contributed by atoms with Gasteiger partial charge in [-0.25, -0.2) is 0 Å². The van der Waals surface area contributed by atoms with Gasteiger partial charge in [-0.1, -0.05) is 11.6 Å². The van der Waals surface area contributed by atoms with Crippen LogP contribution in [0.15, 0.2) is 12.1 Å². The molecule has 1 aromatic rings. The third-order valence-corrected chi connectivity index (χ3v) is 6.88. The van der Waals surface area contributed by atoms with Crippen LogP contribution in [0.3, 0.4) is 0 Å². The van der Waals surface area contributed by atoms with Crippen molar-refractivity contribution in [2.75, 3.05) is 33.7 Å². The van der Waals surface area contributed by atoms with E-state index in [9.17, 15) is 13.2 Å². The fraction of sp³-hybridized carbons (Fsp3) is 0.615. The van der Waals surface area contributed by atoms with Crippen LogP contribution in [0.1, 0.15) is 22.5 Å². The zero-order valence-corrected chi connectivity index (χ0v) is 15.0. The number of hydrogen-bond donors (Lipinski definition) is 1. The number of hydrogen-bond acceptors (Lipinski definition) is 4. The first-order valence-electron chi connectivity index (χ1n) is 7.02. The molecule has 1 aliphatic rings. The molecule has 6 nitrogen and oxygen atoms in total. The van der Waals surface area contributed by atoms with Crippen LogP contribution < -0.4 is 5.32 Å². The van der Waals surface area contributed by atoms with Crippen molar-refractivity contribution in [2.24, 2.45) is 5.92 Å². The van der Waals surface area contributed by atoms with E-state index in [1.807, 2.05) is 0 Å². The third-order valence-electron chi connectivity index (χ3n) is 3.71. The molecule has 2 rings (SSSR count). The van der Waals surface area contributed by atoms with Gasteiger partial charge in [0.05, 0.1) is 9.21 Å². The van der Waals surface area contributed by atoms with Crippen molar-refractivity contribution in [1.82, 2.24) is 13.9 Å². The molecule has 0 unspecified atom stereocenters. The van der Waals surface area contributed by atoms with Gasteiger partial charge in [-0.3, -0.25) is 4.79 Å². The molecule has 2 heterocycles. The van der Waals surface area contributed by atoms with E-state index < -0.39 is 10.2 Å². The summed E-state index contributed by atoms with van der Waals surface area (Å²) in [5.41, 5.74) is 0. The van der Waals surface area contributed by atoms with E-state index >= 15 is 0 Å². The van der Waals surface area contributed by atoms with Gasteiger partial charge in [0.2, 0.25) is 0 Å². The van der Waals surface area contributed by atoms with Crippen molar-refractivity contribution in [3.8, 4) is 0 Å². The second-order valence-electron chi connectivity index (χ2n) is 5.45. The Morgan fingerprint density at radius 3 is 2.55 bits per heavy atom. The van der Waals surface area contributed by atoms with Gasteiger partial charge in [0.1, 0.15) is 0 Å². The van der Waals surface area contributed by atoms with Gasteiger partial charge in [-0.05, 0) is 30.9 Å². The molecule has 124 valence electrons. The number of rotatable bonds is 5. The molecular formula is C13H20ClN3O3S2. The summed E-state index contributed by atoms with van der Waals surface area (Å²) in [6.07, 6.45) is 1.50. The van der Waals surface area contributed by atoms with Crippen molar-refractivity contribution < 1.29 is 13.2 Å². The molecule has 0 atom stereocenters. The van der Waals surface area contributed by atoms with Crippen LogP contribution in [0.25, 0.3) is 0 Å². The van der Waals surface area contributed by atoms with Crippen LogP contribution >= 0.6 is 22.9 Å². The molecule has 0 spiro atoms. The van der Waals surface area contributed by atoms with E-state index in [-0.39, 0.29) is 5.91 Å². The maximum absolute atomic E-state index is 12.0. The summed E-state index contributed by atoms with van der Waals surface area (Å²) in [6.45, 7) is 1.54. The van der Waals surface area contributed by atoms with Crippen molar-refractivity contribution in [3.05, 3.63) is 21.3 Å². The van der Waals surface area contributed by atoms with E-state index in [1.54, 1.807) is 12.1 Å². The first-order chi connectivity index (χ1) is 10.3. The molecule has 22 heavy (non-hydrogen) atoms. The van der Waals surface area contributed by atoms with Gasteiger partial charge < -0.3 is 5.32 Å². The van der Waals surface area contributed by atoms with Crippen molar-refractivity contribution in [1.29, 1.82) is 0 Å². The van der Waals surface area contributed by atoms with Gasteiger partial charge in [0.15, 0.2) is 0 Å². The second kappa shape index (κ2) is 7.27. The Morgan fingerprint density at radius 2 is 2.05 bits per heavy atom. The molecule has 1 saturated heterocycles. The SMILES string of the molecule is CN(C)S(=O)(=O)N1CCC(CNC(=O)c2ccc(Cl)s2)CC1. The number of thiophene rings is 1. The van der Waals surface area contributed by atoms with Crippen molar-refractivity contribution >= 4 is 39.1 Å². The summed E-state index contributed by atoms with van der Waals surface area (Å²) >= 11 is 7.06. The van der Waals surface area contributed by atoms with E-state index in [1.165, 1.54) is 34.0 Å². The monoisotopic (exact) mass is 365 g/mol. The Morgan fingerprint density at radius 1 is 1.41 bits per heavy atom. The highest BCUT2D eigenvalue weighted by Gasteiger charge is 2.29. The number of nitrogens with one attached hydrogen (secondary N) is 1. The van der Waals surface area contributed by atoms with Gasteiger partial charge in [0, 0.05) is 33.7 Å². The van der Waals surface area contributed by atoms with Crippen LogP contribution in [0, 0.1) is 5.92 Å². The Bertz CT molecular complexity index is 622. The quantitative estimate of drug-likeness (QED) is 0.862. The highest BCUT2D eigenvalue weighted by Crippen LogP contribution is 2.22. The highest BCUT2D eigenvalue weighted by atomic mass is 35.5. The molecule has 0 saturated carbocycles. The molecular weight excluding hydrogens is 346 g/mol. The number of nitrogens with zero attached hydrogens (tertiary/aromatic N) is 2. The molecule has 1 aliphatic heterocycles. The lowest BCUT2D eigenvalue weighted by Crippen LogP contribution is -2.45. The number of carbonyl (C=O) groups excluding carboxylic acids is 1. The van der Waals surface area contributed by atoms with Crippen LogP contribution in [0.4, 0.5) is 0 Å². The zero-order chi connectivity index (χ0) is 16.3. The normalized spacial score (nSPS) is 17.8. The lowest BCUT2D eigenvalue weighted by atomic mass is 9.98. The van der Waals surface area contributed by atoms with Gasteiger partial charge in [-0.2, -0.15) is 17.0 Å². The predicted molar refractivity (Wildman–Crippen MR) is 88.6 cm³/mol. The first-order valence-corrected chi connectivity index (χ1v) is 9.61. The number of carbonyl (C=O) groups is 1. The van der Waals surface area contributed by atoms with Crippen LogP contribution in [-0.4, -0.2) is 56.7 Å². The fourth-order valence-corrected chi connectivity index (χ4v) is 4.43. The number of amides is 1. The molecule has 1 fully saturated rings. The summed E-state index contributed by atoms with van der Waals surface area (Å²) in [5, 5.41) is 2.89. The summed E-state index contributed by atoms with van der Waals surface area (Å²) in [5.74, 6) is 0.174. The second-order valence-corrected chi connectivity index (χ2v) is 9.30. The first kappa shape index (κ1) is 17.7. The summed E-state index contributed by atoms with van der Waals surface area (Å²) in [7, 11) is -0.258. The Hall–Kier alpha value is -0.670. The minimum absolute atomic E-state index is 0.125. The number of halogens is 1. The minimum Gasteiger partial charge on any atom is -0.351 e. The van der Waals surface area contributed by atoms with E-state index in [0.717, 1.165) is 12.8 Å². The molecule has 1 N–H and O–H groups in total. The van der Waals surface area contributed by atoms with Crippen LogP contribution in [-0.2, 0) is 10.2 Å². The van der Waals surface area contributed by atoms with Gasteiger partial charge in [-0.15, -0.1) is 11.3 Å². The Balaban J connectivity index is 1.80. The summed E-state index contributed by atoms with van der Waals surface area (Å²) in [4.78, 5) is 12.5. The van der Waals surface area contributed by atoms with E-state index in [0.29, 0.717) is 34.8 Å². The lowest BCUT2D eigenvalue weighted by Gasteiger charge is -2.32. The fourth-order valence-electron chi connectivity index (χ4n) is 2.34. The molecule has 9 heteroatoms. The van der Waals surface area contributed by atoms with Gasteiger partial charge >= 0.3 is 0 Å². The standard InChI is InChI=1S/C13H20ClN3O3S2/c1-16(2)22(19,20)17-7-5-10(6-8-17)9-15-13(18)11-3-4-12(14)21-11/h3-4,10H,5-9H2,1-2H3,(H,15,18). The molecule has 1 amide bonds. The summed E-state index contributed by atoms with van der Waals surface area (Å²) in [6, 6.07) is 3.40.